The number of benzene rings is 3. The predicted molar refractivity (Wildman–Crippen MR) is 137 cm³/mol. The van der Waals surface area contributed by atoms with Crippen LogP contribution in [0, 0.1) is 0 Å². The van der Waals surface area contributed by atoms with Gasteiger partial charge in [-0.15, -0.1) is 0 Å². The molecule has 1 aliphatic carbocycles. The van der Waals surface area contributed by atoms with Crippen LogP contribution in [0.4, 0.5) is 5.69 Å². The molecule has 2 N–H and O–H groups in total. The Balaban J connectivity index is 1.65. The maximum absolute atomic E-state index is 5.92. The molecule has 0 bridgehead atoms. The van der Waals surface area contributed by atoms with Gasteiger partial charge in [0.25, 0.3) is 0 Å². The zero-order chi connectivity index (χ0) is 21.8. The number of nitrogen functional groups attached to an aromatic ring is 1. The number of nitrogens with zero attached hydrogens (tertiary/aromatic N) is 1. The molecule has 1 fully saturated rings. The molecule has 0 radical (unpaired) electrons. The third-order valence-electron chi connectivity index (χ3n) is 6.11. The first-order valence-corrected chi connectivity index (χ1v) is 12.7. The highest BCUT2D eigenvalue weighted by molar-refractivity contribution is 7.76. The number of ether oxygens (including phenoxy) is 1. The quantitative estimate of drug-likeness (QED) is 0.442. The van der Waals surface area contributed by atoms with Crippen LogP contribution in [0.25, 0.3) is 6.08 Å². The first-order valence-electron chi connectivity index (χ1n) is 11.3. The van der Waals surface area contributed by atoms with Crippen LogP contribution in [0.3, 0.4) is 0 Å². The molecule has 0 saturated carbocycles. The van der Waals surface area contributed by atoms with Crippen molar-refractivity contribution < 1.29 is 4.74 Å². The molecule has 1 saturated heterocycles. The van der Waals surface area contributed by atoms with Gasteiger partial charge in [0, 0.05) is 24.5 Å². The van der Waals surface area contributed by atoms with Crippen LogP contribution in [-0.2, 0) is 4.74 Å². The predicted octanol–water partition coefficient (Wildman–Crippen LogP) is 5.12. The van der Waals surface area contributed by atoms with Gasteiger partial charge in [0.2, 0.25) is 0 Å². The van der Waals surface area contributed by atoms with Crippen LogP contribution in [0.1, 0.15) is 18.4 Å². The molecule has 162 valence electrons. The number of allylic oxidation sites excluding steroid dienone is 2. The number of hydrogen-bond donors (Lipinski definition) is 1. The molecule has 5 rings (SSSR count). The van der Waals surface area contributed by atoms with E-state index in [0.29, 0.717) is 0 Å². The smallest absolute Gasteiger partial charge is 0.0642 e. The van der Waals surface area contributed by atoms with Crippen molar-refractivity contribution in [3.8, 4) is 0 Å². The van der Waals surface area contributed by atoms with Crippen molar-refractivity contribution in [3.05, 3.63) is 107 Å². The van der Waals surface area contributed by atoms with Gasteiger partial charge in [-0.3, -0.25) is 0 Å². The lowest BCUT2D eigenvalue weighted by Gasteiger charge is -2.33. The van der Waals surface area contributed by atoms with Crippen molar-refractivity contribution in [1.29, 1.82) is 0 Å². The second kappa shape index (κ2) is 9.73. The third-order valence-corrected chi connectivity index (χ3v) is 8.72. The minimum atomic E-state index is -0.586. The lowest BCUT2D eigenvalue weighted by molar-refractivity contribution is 0.0549. The van der Waals surface area contributed by atoms with Gasteiger partial charge in [-0.1, -0.05) is 72.8 Å². The average Bonchev–Trinajstić information content (AvgIpc) is 3.25. The van der Waals surface area contributed by atoms with E-state index in [1.165, 1.54) is 27.4 Å². The number of anilines is 1. The van der Waals surface area contributed by atoms with Crippen molar-refractivity contribution in [2.45, 2.75) is 12.8 Å². The van der Waals surface area contributed by atoms with Crippen molar-refractivity contribution in [2.75, 3.05) is 32.0 Å². The summed E-state index contributed by atoms with van der Waals surface area (Å²) in [5.74, 6) is 0. The maximum Gasteiger partial charge on any atom is 0.0642 e. The van der Waals surface area contributed by atoms with Gasteiger partial charge in [-0.05, 0) is 66.0 Å². The number of nitrogens with two attached hydrogens (primary N) is 1. The van der Waals surface area contributed by atoms with Crippen molar-refractivity contribution in [2.24, 2.45) is 0 Å². The summed E-state index contributed by atoms with van der Waals surface area (Å²) in [6.45, 7) is 3.48. The molecule has 2 aliphatic rings. The highest BCUT2D eigenvalue weighted by Gasteiger charge is 2.31. The summed E-state index contributed by atoms with van der Waals surface area (Å²) in [6.07, 6.45) is 4.54. The highest BCUT2D eigenvalue weighted by Crippen LogP contribution is 2.53. The Hall–Kier alpha value is -2.87. The topological polar surface area (TPSA) is 38.5 Å². The standard InChI is InChI=1S/C28H29N2OP/c29-24-14-11-22(12-15-24)21-23-13-16-27(28(23)30-17-19-31-20-18-30)32(25-7-3-1-4-8-25)26-9-5-2-6-10-26/h1-12,14-15,21H,13,16-20,29H2/b23-21+. The van der Waals surface area contributed by atoms with Gasteiger partial charge >= 0.3 is 0 Å². The second-order valence-electron chi connectivity index (χ2n) is 8.24. The van der Waals surface area contributed by atoms with Crippen LogP contribution >= 0.6 is 7.92 Å². The van der Waals surface area contributed by atoms with Gasteiger partial charge in [-0.2, -0.15) is 0 Å². The summed E-state index contributed by atoms with van der Waals surface area (Å²) in [6, 6.07) is 30.3. The fourth-order valence-electron chi connectivity index (χ4n) is 4.61. The third kappa shape index (κ3) is 4.50. The Bertz CT molecular complexity index is 1060. The normalized spacial score (nSPS) is 18.0. The number of morpholine rings is 1. The summed E-state index contributed by atoms with van der Waals surface area (Å²) in [4.78, 5) is 2.57. The molecular formula is C28H29N2OP. The summed E-state index contributed by atoms with van der Waals surface area (Å²) in [5, 5.41) is 4.42. The SMILES string of the molecule is Nc1ccc(/C=C2\CCC(P(c3ccccc3)c3ccccc3)=C2N2CCOCC2)cc1. The minimum absolute atomic E-state index is 0.586. The Labute approximate surface area is 192 Å². The van der Waals surface area contributed by atoms with E-state index in [2.05, 4.69) is 83.8 Å². The van der Waals surface area contributed by atoms with Crippen LogP contribution in [-0.4, -0.2) is 31.2 Å². The summed E-state index contributed by atoms with van der Waals surface area (Å²) >= 11 is 0. The molecule has 0 spiro atoms. The fraction of sp³-hybridized carbons (Fsp3) is 0.214. The Kier molecular flexibility index (Phi) is 6.39. The van der Waals surface area contributed by atoms with E-state index in [-0.39, 0.29) is 0 Å². The first-order chi connectivity index (χ1) is 15.8. The van der Waals surface area contributed by atoms with Crippen LogP contribution in [0.15, 0.2) is 102 Å². The highest BCUT2D eigenvalue weighted by atomic mass is 31.1. The van der Waals surface area contributed by atoms with E-state index in [0.717, 1.165) is 44.8 Å². The molecule has 3 nitrogen and oxygen atoms in total. The van der Waals surface area contributed by atoms with Gasteiger partial charge in [0.1, 0.15) is 0 Å². The molecule has 1 aliphatic heterocycles. The van der Waals surface area contributed by atoms with Gasteiger partial charge in [0.05, 0.1) is 13.2 Å². The molecule has 0 amide bonds. The molecule has 4 heteroatoms. The second-order valence-corrected chi connectivity index (χ2v) is 10.5. The van der Waals surface area contributed by atoms with E-state index in [9.17, 15) is 0 Å². The molecular weight excluding hydrogens is 411 g/mol. The maximum atomic E-state index is 5.92. The Morgan fingerprint density at radius 2 is 1.34 bits per heavy atom. The summed E-state index contributed by atoms with van der Waals surface area (Å²) in [5.41, 5.74) is 10.8. The van der Waals surface area contributed by atoms with Gasteiger partial charge < -0.3 is 15.4 Å². The van der Waals surface area contributed by atoms with E-state index in [1.807, 2.05) is 12.1 Å². The van der Waals surface area contributed by atoms with Gasteiger partial charge in [-0.25, -0.2) is 0 Å². The molecule has 0 aromatic heterocycles. The largest absolute Gasteiger partial charge is 0.399 e. The zero-order valence-electron chi connectivity index (χ0n) is 18.3. The minimum Gasteiger partial charge on any atom is -0.399 e. The van der Waals surface area contributed by atoms with Gasteiger partial charge in [0.15, 0.2) is 0 Å². The molecule has 0 atom stereocenters. The Morgan fingerprint density at radius 3 is 1.94 bits per heavy atom. The first kappa shape index (κ1) is 21.0. The zero-order valence-corrected chi connectivity index (χ0v) is 19.2. The van der Waals surface area contributed by atoms with E-state index >= 15 is 0 Å². The molecule has 3 aromatic carbocycles. The lowest BCUT2D eigenvalue weighted by Crippen LogP contribution is -2.36. The Morgan fingerprint density at radius 1 is 0.750 bits per heavy atom. The average molecular weight is 441 g/mol. The van der Waals surface area contributed by atoms with Crippen molar-refractivity contribution in [3.63, 3.8) is 0 Å². The van der Waals surface area contributed by atoms with E-state index in [4.69, 9.17) is 10.5 Å². The number of hydrogen-bond acceptors (Lipinski definition) is 3. The van der Waals surface area contributed by atoms with E-state index in [1.54, 1.807) is 5.31 Å². The van der Waals surface area contributed by atoms with Crippen LogP contribution < -0.4 is 16.3 Å². The van der Waals surface area contributed by atoms with E-state index < -0.39 is 7.92 Å². The fourth-order valence-corrected chi connectivity index (χ4v) is 7.31. The van der Waals surface area contributed by atoms with Crippen LogP contribution in [0.5, 0.6) is 0 Å². The number of rotatable bonds is 5. The summed E-state index contributed by atoms with van der Waals surface area (Å²) in [7, 11) is -0.586. The molecule has 32 heavy (non-hydrogen) atoms. The molecule has 3 aromatic rings. The molecule has 1 heterocycles. The monoisotopic (exact) mass is 440 g/mol. The summed E-state index contributed by atoms with van der Waals surface area (Å²) < 4.78 is 5.70. The lowest BCUT2D eigenvalue weighted by atomic mass is 10.1. The van der Waals surface area contributed by atoms with Crippen molar-refractivity contribution in [1.82, 2.24) is 4.90 Å². The van der Waals surface area contributed by atoms with Crippen LogP contribution in [0.2, 0.25) is 0 Å². The molecule has 0 unspecified atom stereocenters. The van der Waals surface area contributed by atoms with Crippen molar-refractivity contribution >= 4 is 30.3 Å².